The molecule has 0 nitrogen and oxygen atoms in total. The lowest BCUT2D eigenvalue weighted by atomic mass is 9.83. The molecule has 0 amide bonds. The first kappa shape index (κ1) is 30.5. The molecule has 23 aromatic carbocycles. The maximum absolute atomic E-state index is 9.65. The molecule has 123 heavy (non-hydrogen) atoms. The fourth-order valence-corrected chi connectivity index (χ4v) is 18.3. The lowest BCUT2D eigenvalue weighted by Gasteiger charge is -2.23. The molecule has 3 aliphatic heterocycles. The molecular weight excluding hydrogens is 1540 g/mol. The minimum absolute atomic E-state index is 0.0436. The Bertz CT molecular complexity index is 12500. The second kappa shape index (κ2) is 30.3. The molecule has 23 aromatic rings. The largest absolute Gasteiger partial charge is 0.0888 e. The molecule has 0 spiro atoms. The molecule has 3 heteroatoms. The monoisotopic (exact) mass is 1680 g/mol. The number of hydrogen-bond donors (Lipinski definition) is 0. The maximum Gasteiger partial charge on any atom is 0.0636 e. The molecule has 0 radical (unpaired) electrons. The minimum Gasteiger partial charge on any atom is -0.0888 e. The highest BCUT2D eigenvalue weighted by Crippen LogP contribution is 2.57. The van der Waals surface area contributed by atoms with Gasteiger partial charge in [-0.1, -0.05) is 440 Å². The zero-order chi connectivity index (χ0) is 143. The fourth-order valence-electron chi connectivity index (χ4n) is 15.3. The van der Waals surface area contributed by atoms with Crippen LogP contribution in [0.25, 0.3) is 219 Å². The third-order valence-corrected chi connectivity index (χ3v) is 23.5. The molecule has 0 fully saturated rings. The van der Waals surface area contributed by atoms with Crippen molar-refractivity contribution >= 4 is 132 Å². The minimum atomic E-state index is -1.03. The molecule has 0 saturated heterocycles. The Kier molecular flexibility index (Phi) is 7.53. The molecule has 0 unspecified atom stereocenters. The van der Waals surface area contributed by atoms with Gasteiger partial charge in [0.15, 0.2) is 0 Å². The van der Waals surface area contributed by atoms with E-state index in [0.717, 1.165) is 35.3 Å². The Morgan fingerprint density at radius 1 is 0.130 bits per heavy atom. The van der Waals surface area contributed by atoms with Crippen molar-refractivity contribution < 1.29 is 97.3 Å². The first-order valence-electron chi connectivity index (χ1n) is 72.0. The van der Waals surface area contributed by atoms with Crippen molar-refractivity contribution in [1.82, 2.24) is 0 Å². The van der Waals surface area contributed by atoms with Crippen molar-refractivity contribution in [2.24, 2.45) is 0 Å². The zero-order valence-electron chi connectivity index (χ0n) is 132. The van der Waals surface area contributed by atoms with Gasteiger partial charge in [0.1, 0.15) is 0 Å². The molecule has 0 bridgehead atoms. The summed E-state index contributed by atoms with van der Waals surface area (Å²) in [5.74, 6) is 0. The molecule has 0 N–H and O–H groups in total. The van der Waals surface area contributed by atoms with E-state index in [9.17, 15) is 37.0 Å². The Labute approximate surface area is 826 Å². The topological polar surface area (TPSA) is 0 Å². The van der Waals surface area contributed by atoms with E-state index in [-0.39, 0.29) is 102 Å². The highest BCUT2D eigenvalue weighted by atomic mass is 32.2. The highest BCUT2D eigenvalue weighted by Gasteiger charge is 2.29. The molecule has 0 saturated carbocycles. The summed E-state index contributed by atoms with van der Waals surface area (Å²) in [5, 5.41) is -9.36. The Morgan fingerprint density at radius 3 is 0.683 bits per heavy atom. The van der Waals surface area contributed by atoms with Gasteiger partial charge in [-0.3, -0.25) is 0 Å². The van der Waals surface area contributed by atoms with Crippen LogP contribution in [0.3, 0.4) is 0 Å². The summed E-state index contributed by atoms with van der Waals surface area (Å²) in [5.41, 5.74) is -11.7. The van der Waals surface area contributed by atoms with Gasteiger partial charge in [-0.2, -0.15) is 0 Å². The highest BCUT2D eigenvalue weighted by molar-refractivity contribution is 8.00. The summed E-state index contributed by atoms with van der Waals surface area (Å²) in [6.07, 6.45) is 0. The second-order valence-electron chi connectivity index (χ2n) is 26.8. The van der Waals surface area contributed by atoms with Crippen LogP contribution in [-0.2, 0) is 0 Å². The van der Waals surface area contributed by atoms with E-state index in [1.165, 1.54) is 18.2 Å². The quantitative estimate of drug-likeness (QED) is 0.139. The van der Waals surface area contributed by atoms with E-state index >= 15 is 0 Å². The average molecular weight is 1680 g/mol. The van der Waals surface area contributed by atoms with E-state index in [1.807, 2.05) is 0 Å². The normalized spacial score (nSPS) is 20.2. The van der Waals surface area contributed by atoms with Crippen LogP contribution in [0.4, 0.5) is 0 Å². The van der Waals surface area contributed by atoms with Crippen molar-refractivity contribution in [2.75, 3.05) is 0 Å². The lowest BCUT2D eigenvalue weighted by molar-refractivity contribution is 1.40. The second-order valence-corrected chi connectivity index (χ2v) is 29.9. The van der Waals surface area contributed by atoms with Crippen LogP contribution < -0.4 is 0 Å². The van der Waals surface area contributed by atoms with Crippen molar-refractivity contribution in [3.63, 3.8) is 0 Å². The van der Waals surface area contributed by atoms with Gasteiger partial charge in [-0.15, -0.1) is 0 Å². The van der Waals surface area contributed by atoms with Crippen LogP contribution in [-0.4, -0.2) is 0 Å². The average Bonchev–Trinajstić information content (AvgIpc) is 0.680. The molecule has 26 rings (SSSR count). The SMILES string of the molecule is [2H]c1cc2c(c([2H])c1[2H])-c1c([2H])c([2H])c([2H])c3c(-c4c5c([2H])c([2H])c([2H])c([2H])c5c(-c5c([2H])c([2H])c(-c6c([2H])c([2H])c([2H])c([2H])c6[2H])c([2H])c5[2H])c5c([2H])c([2H])c([2H])c([2H])c45)c([2H])c([2H])c(c13)S2.[2H]c1cc2c(c([2H])c1[2H])-c1c([2H])c([2H])c([2H])c3c(-c4c5c([2H])c([2H])c([2H])c([2H])c5c(-c5c([2H])c([2H])c([2H])c(-c6c([2H])c([2H])c([2H])c([2H])c6[2H])c5[2H])c5c([2H])c([2H])c([2H])c([2H])c45)c([2H])c([2H])c(c13)S2.[2H]c1cc2c(c([2H])c1[2H])-c1c([2H])c([2H])c([2H])c3c(-c4c5c([2H])c([2H])c([2H])c([2H])c5c(-c5c([2H])c([2H])c([2H])c([2H])c5[2H])c5c([2H])c([2H])c([2H])c([2H])c45)c([2H])c([2H])c(c13)S2. The van der Waals surface area contributed by atoms with Crippen molar-refractivity contribution in [3.8, 4) is 122 Å². The van der Waals surface area contributed by atoms with Crippen molar-refractivity contribution in [1.29, 1.82) is 0 Å². The molecule has 0 aliphatic carbocycles. The molecular formula is C120H74S3. The van der Waals surface area contributed by atoms with Crippen LogP contribution in [0, 0.1) is 0 Å². The summed E-state index contributed by atoms with van der Waals surface area (Å²) in [6.45, 7) is 0. The van der Waals surface area contributed by atoms with Gasteiger partial charge >= 0.3 is 0 Å². The smallest absolute Gasteiger partial charge is 0.0636 e. The van der Waals surface area contributed by atoms with Gasteiger partial charge in [-0.25, -0.2) is 0 Å². The van der Waals surface area contributed by atoms with Gasteiger partial charge in [0.2, 0.25) is 0 Å². The van der Waals surface area contributed by atoms with Crippen LogP contribution in [0.15, 0.2) is 477 Å². The van der Waals surface area contributed by atoms with Crippen molar-refractivity contribution in [2.45, 2.75) is 29.4 Å². The van der Waals surface area contributed by atoms with Gasteiger partial charge in [0.25, 0.3) is 0 Å². The molecule has 0 aromatic heterocycles. The van der Waals surface area contributed by atoms with Crippen LogP contribution in [0.2, 0.25) is 0 Å². The Balaban J connectivity index is 0.000000146. The molecule has 3 aliphatic rings. The molecule has 3 heterocycles. The number of fused-ring (bicyclic) bond motifs is 12. The van der Waals surface area contributed by atoms with Crippen molar-refractivity contribution in [3.05, 3.63) is 447 Å². The van der Waals surface area contributed by atoms with E-state index in [0.29, 0.717) is 0 Å². The first-order chi connectivity index (χ1) is 90.6. The van der Waals surface area contributed by atoms with Gasteiger partial charge < -0.3 is 0 Å². The van der Waals surface area contributed by atoms with Crippen LogP contribution in [0.5, 0.6) is 0 Å². The summed E-state index contributed by atoms with van der Waals surface area (Å²) in [6, 6.07) is -54.5. The number of hydrogen-bond acceptors (Lipinski definition) is 3. The number of rotatable bonds is 8. The summed E-state index contributed by atoms with van der Waals surface area (Å²) in [4.78, 5) is 0.169. The standard InChI is InChI=1S/2C42H26S.C36H22S/c1-2-12-27(13-3-1)28-14-10-15-29(26-28)40-32-17-4-6-19-34(32)41(35-20-7-5-18-33(35)40)37-24-25-39-42-31(21-11-22-36(37)42)30-16-8-9-23-38(30)43-39;1-2-11-27(12-3-1)28-21-23-29(24-22-28)40-32-14-4-6-16-34(32)41(35-17-7-5-15-33(35)40)37-25-26-39-42-31(18-10-19-36(37)42)30-13-8-9-20-38(30)43-39;1-2-11-23(12-3-1)34-26-14-4-6-16-28(26)35(29-17-7-5-15-27(29)34)31-21-22-33-36-25(18-10-19-30(31)36)24-13-8-9-20-32(24)37-33/h2*1-26H;1-22H/i1D,2D,3D,4D,5D,6D,7D,8D,9D,10D,11D,12D,13D,14D,15D,16D,17D,18D,19D,20D,21D,22D,24D,25D,26D;1D,2D,3D,4D,5D,6D,7D,8D,9D,10D,11D,12D,13D,14D,15D,16D,17D,18D,19D,21D,22D,23D,24D,25D,26D;1D,2D,3D,4D,5D,6D,7D,8D,9D,10D,11D,12D,13D,14D,15D,16D,17D,18D,19D,21D,22D. The fraction of sp³-hybridized carbons (Fsp3) is 0. The third-order valence-electron chi connectivity index (χ3n) is 20.3. The summed E-state index contributed by atoms with van der Waals surface area (Å²) < 4.78 is 634. The predicted octanol–water partition coefficient (Wildman–Crippen LogP) is 35.2. The van der Waals surface area contributed by atoms with Gasteiger partial charge in [0, 0.05) is 45.5 Å². The Morgan fingerprint density at radius 2 is 0.350 bits per heavy atom. The van der Waals surface area contributed by atoms with Gasteiger partial charge in [-0.05, 0) is 246 Å². The molecule has 0 atom stereocenters. The zero-order valence-corrected chi connectivity index (χ0v) is 63.9. The maximum atomic E-state index is 9.65. The summed E-state index contributed by atoms with van der Waals surface area (Å²) >= 11 is 2.38. The van der Waals surface area contributed by atoms with Crippen LogP contribution >= 0.6 is 35.3 Å². The van der Waals surface area contributed by atoms with Gasteiger partial charge in [0.05, 0.1) is 97.3 Å². The first-order valence-corrected chi connectivity index (χ1v) is 38.9. The van der Waals surface area contributed by atoms with Crippen LogP contribution in [0.1, 0.15) is 97.3 Å². The third kappa shape index (κ3) is 12.2. The Hall–Kier alpha value is -14.6. The van der Waals surface area contributed by atoms with E-state index in [4.69, 9.17) is 60.3 Å². The lowest BCUT2D eigenvalue weighted by Crippen LogP contribution is -1.95. The van der Waals surface area contributed by atoms with E-state index in [2.05, 4.69) is 0 Å². The van der Waals surface area contributed by atoms with E-state index < -0.39 is 575 Å². The molecule has 572 valence electrons. The summed E-state index contributed by atoms with van der Waals surface area (Å²) in [7, 11) is 0. The predicted molar refractivity (Wildman–Crippen MR) is 529 cm³/mol. The number of benzene rings is 23. The van der Waals surface area contributed by atoms with E-state index in [1.54, 1.807) is 0 Å².